The van der Waals surface area contributed by atoms with Gasteiger partial charge < -0.3 is 15.7 Å². The summed E-state index contributed by atoms with van der Waals surface area (Å²) in [6, 6.07) is 7.67. The molecule has 2 amide bonds. The van der Waals surface area contributed by atoms with E-state index in [1.54, 1.807) is 0 Å². The van der Waals surface area contributed by atoms with E-state index in [2.05, 4.69) is 39.9 Å². The van der Waals surface area contributed by atoms with Crippen molar-refractivity contribution in [2.75, 3.05) is 6.54 Å². The van der Waals surface area contributed by atoms with Crippen LogP contribution in [0, 0.1) is 12.8 Å². The molecule has 3 atom stereocenters. The minimum atomic E-state index is -0.724. The molecule has 138 valence electrons. The third kappa shape index (κ3) is 4.29. The highest BCUT2D eigenvalue weighted by molar-refractivity contribution is 5.94. The topological polar surface area (TPSA) is 107 Å². The first kappa shape index (κ1) is 18.1. The van der Waals surface area contributed by atoms with Gasteiger partial charge in [0, 0.05) is 18.7 Å². The third-order valence-electron chi connectivity index (χ3n) is 4.93. The molecule has 7 nitrogen and oxygen atoms in total. The van der Waals surface area contributed by atoms with Gasteiger partial charge in [-0.15, -0.1) is 0 Å². The Morgan fingerprint density at radius 3 is 2.85 bits per heavy atom. The van der Waals surface area contributed by atoms with Crippen molar-refractivity contribution in [1.29, 1.82) is 0 Å². The molecule has 1 fully saturated rings. The number of aryl methyl sites for hydroxylation is 1. The molecular weight excluding hydrogens is 332 g/mol. The van der Waals surface area contributed by atoms with E-state index in [-0.39, 0.29) is 17.7 Å². The molecule has 3 rings (SSSR count). The van der Waals surface area contributed by atoms with Crippen LogP contribution in [0.1, 0.15) is 34.3 Å². The number of nitrogens with zero attached hydrogens (tertiary/aromatic N) is 1. The van der Waals surface area contributed by atoms with Crippen LogP contribution in [0.15, 0.2) is 36.7 Å². The van der Waals surface area contributed by atoms with E-state index in [9.17, 15) is 14.7 Å². The van der Waals surface area contributed by atoms with Crippen LogP contribution in [0.3, 0.4) is 0 Å². The second-order valence-electron chi connectivity index (χ2n) is 6.77. The quantitative estimate of drug-likeness (QED) is 0.618. The summed E-state index contributed by atoms with van der Waals surface area (Å²) in [6.45, 7) is 2.61. The van der Waals surface area contributed by atoms with Gasteiger partial charge in [0.05, 0.1) is 23.9 Å². The SMILES string of the molecule is Cc1ccccc1CCNC(=O)[C@@H]1C[C@@H](O)[C@H](NC(=O)c2cn[nH]c2)C1. The predicted octanol–water partition coefficient (Wildman–Crippen LogP) is 0.946. The van der Waals surface area contributed by atoms with Crippen molar-refractivity contribution in [2.45, 2.75) is 38.3 Å². The Bertz CT molecular complexity index is 760. The molecule has 1 aliphatic carbocycles. The maximum Gasteiger partial charge on any atom is 0.254 e. The Morgan fingerprint density at radius 1 is 1.31 bits per heavy atom. The zero-order chi connectivity index (χ0) is 18.5. The van der Waals surface area contributed by atoms with Crippen molar-refractivity contribution >= 4 is 11.8 Å². The van der Waals surface area contributed by atoms with Crippen LogP contribution >= 0.6 is 0 Å². The Morgan fingerprint density at radius 2 is 2.12 bits per heavy atom. The van der Waals surface area contributed by atoms with Gasteiger partial charge in [-0.1, -0.05) is 24.3 Å². The first-order valence-corrected chi connectivity index (χ1v) is 8.84. The van der Waals surface area contributed by atoms with Gasteiger partial charge in [0.25, 0.3) is 5.91 Å². The minimum Gasteiger partial charge on any atom is -0.391 e. The Hall–Kier alpha value is -2.67. The van der Waals surface area contributed by atoms with E-state index in [4.69, 9.17) is 0 Å². The minimum absolute atomic E-state index is 0.0716. The van der Waals surface area contributed by atoms with Gasteiger partial charge in [-0.25, -0.2) is 0 Å². The van der Waals surface area contributed by atoms with E-state index in [0.29, 0.717) is 24.9 Å². The van der Waals surface area contributed by atoms with Crippen molar-refractivity contribution in [3.8, 4) is 0 Å². The largest absolute Gasteiger partial charge is 0.391 e. The zero-order valence-corrected chi connectivity index (χ0v) is 14.7. The standard InChI is InChI=1S/C19H24N4O3/c1-12-4-2-3-5-13(12)6-7-20-18(25)14-8-16(17(24)9-14)23-19(26)15-10-21-22-11-15/h2-5,10-11,14,16-17,24H,6-9H2,1H3,(H,20,25)(H,21,22)(H,23,26)/t14-,16+,17+/m0/s1. The van der Waals surface area contributed by atoms with Crippen LogP contribution in [0.2, 0.25) is 0 Å². The van der Waals surface area contributed by atoms with Gasteiger partial charge in [-0.3, -0.25) is 14.7 Å². The molecule has 0 radical (unpaired) electrons. The summed E-state index contributed by atoms with van der Waals surface area (Å²) in [6.07, 6.45) is 3.75. The predicted molar refractivity (Wildman–Crippen MR) is 96.5 cm³/mol. The molecule has 0 saturated heterocycles. The van der Waals surface area contributed by atoms with Gasteiger partial charge in [0.2, 0.25) is 5.91 Å². The molecule has 1 heterocycles. The highest BCUT2D eigenvalue weighted by Gasteiger charge is 2.37. The van der Waals surface area contributed by atoms with Crippen molar-refractivity contribution < 1.29 is 14.7 Å². The lowest BCUT2D eigenvalue weighted by Crippen LogP contribution is -2.40. The summed E-state index contributed by atoms with van der Waals surface area (Å²) in [5.41, 5.74) is 2.83. The second kappa shape index (κ2) is 8.14. The number of H-pyrrole nitrogens is 1. The van der Waals surface area contributed by atoms with Crippen LogP contribution in [-0.2, 0) is 11.2 Å². The van der Waals surface area contributed by atoms with Gasteiger partial charge in [-0.05, 0) is 37.3 Å². The molecule has 1 saturated carbocycles. The summed E-state index contributed by atoms with van der Waals surface area (Å²) in [7, 11) is 0. The molecule has 1 aromatic carbocycles. The van der Waals surface area contributed by atoms with E-state index < -0.39 is 12.1 Å². The number of aliphatic hydroxyl groups is 1. The molecule has 0 aliphatic heterocycles. The number of carbonyl (C=O) groups is 2. The number of aromatic amines is 1. The maximum atomic E-state index is 12.4. The number of amides is 2. The van der Waals surface area contributed by atoms with Crippen LogP contribution in [0.25, 0.3) is 0 Å². The van der Waals surface area contributed by atoms with Gasteiger partial charge in [-0.2, -0.15) is 5.10 Å². The zero-order valence-electron chi connectivity index (χ0n) is 14.7. The summed E-state index contributed by atoms with van der Waals surface area (Å²) in [4.78, 5) is 24.4. The number of rotatable bonds is 6. The normalized spacial score (nSPS) is 22.2. The van der Waals surface area contributed by atoms with Gasteiger partial charge in [0.1, 0.15) is 0 Å². The number of aromatic nitrogens is 2. The Balaban J connectivity index is 1.47. The summed E-state index contributed by atoms with van der Waals surface area (Å²) >= 11 is 0. The van der Waals surface area contributed by atoms with Gasteiger partial charge in [0.15, 0.2) is 0 Å². The fourth-order valence-electron chi connectivity index (χ4n) is 3.37. The van der Waals surface area contributed by atoms with Crippen LogP contribution in [0.4, 0.5) is 0 Å². The first-order chi connectivity index (χ1) is 12.5. The van der Waals surface area contributed by atoms with E-state index in [1.165, 1.54) is 23.5 Å². The number of hydrogen-bond acceptors (Lipinski definition) is 4. The molecular formula is C19H24N4O3. The van der Waals surface area contributed by atoms with Crippen LogP contribution < -0.4 is 10.6 Å². The number of hydrogen-bond donors (Lipinski definition) is 4. The van der Waals surface area contributed by atoms with E-state index in [0.717, 1.165) is 6.42 Å². The molecule has 7 heteroatoms. The van der Waals surface area contributed by atoms with Crippen molar-refractivity contribution in [3.63, 3.8) is 0 Å². The summed E-state index contributed by atoms with van der Waals surface area (Å²) < 4.78 is 0. The number of benzene rings is 1. The fraction of sp³-hybridized carbons (Fsp3) is 0.421. The third-order valence-corrected chi connectivity index (χ3v) is 4.93. The molecule has 0 unspecified atom stereocenters. The number of aliphatic hydroxyl groups excluding tert-OH is 1. The molecule has 0 bridgehead atoms. The monoisotopic (exact) mass is 356 g/mol. The van der Waals surface area contributed by atoms with Crippen molar-refractivity contribution in [1.82, 2.24) is 20.8 Å². The lowest BCUT2D eigenvalue weighted by Gasteiger charge is -2.15. The van der Waals surface area contributed by atoms with Crippen molar-refractivity contribution in [3.05, 3.63) is 53.3 Å². The molecule has 2 aromatic rings. The maximum absolute atomic E-state index is 12.4. The van der Waals surface area contributed by atoms with Crippen LogP contribution in [0.5, 0.6) is 0 Å². The fourth-order valence-corrected chi connectivity index (χ4v) is 3.37. The molecule has 1 aromatic heterocycles. The lowest BCUT2D eigenvalue weighted by molar-refractivity contribution is -0.125. The molecule has 1 aliphatic rings. The summed E-state index contributed by atoms with van der Waals surface area (Å²) in [5, 5.41) is 22.2. The second-order valence-corrected chi connectivity index (χ2v) is 6.77. The average Bonchev–Trinajstić information content (AvgIpc) is 3.27. The number of carbonyl (C=O) groups excluding carboxylic acids is 2. The van der Waals surface area contributed by atoms with E-state index >= 15 is 0 Å². The number of nitrogens with one attached hydrogen (secondary N) is 3. The molecule has 26 heavy (non-hydrogen) atoms. The molecule has 4 N–H and O–H groups in total. The average molecular weight is 356 g/mol. The smallest absolute Gasteiger partial charge is 0.254 e. The summed E-state index contributed by atoms with van der Waals surface area (Å²) in [5.74, 6) is -0.669. The van der Waals surface area contributed by atoms with E-state index in [1.807, 2.05) is 12.1 Å². The Labute approximate surface area is 152 Å². The lowest BCUT2D eigenvalue weighted by atomic mass is 10.0. The molecule has 0 spiro atoms. The highest BCUT2D eigenvalue weighted by Crippen LogP contribution is 2.26. The Kier molecular flexibility index (Phi) is 5.68. The van der Waals surface area contributed by atoms with Gasteiger partial charge >= 0.3 is 0 Å². The highest BCUT2D eigenvalue weighted by atomic mass is 16.3. The van der Waals surface area contributed by atoms with Crippen LogP contribution in [-0.4, -0.2) is 45.8 Å². The van der Waals surface area contributed by atoms with Crippen molar-refractivity contribution in [2.24, 2.45) is 5.92 Å². The first-order valence-electron chi connectivity index (χ1n) is 8.84.